The van der Waals surface area contributed by atoms with Gasteiger partial charge >= 0.3 is 6.18 Å². The molecule has 4 nitrogen and oxygen atoms in total. The van der Waals surface area contributed by atoms with Crippen LogP contribution in [-0.2, 0) is 10.9 Å². The SMILES string of the molecule is N#Cc1cc(C(F)(F)F)ccc1N1CCN(C[C@@H]2CCOC2)CC1. The molecule has 1 aromatic carbocycles. The summed E-state index contributed by atoms with van der Waals surface area (Å²) in [7, 11) is 0. The first-order chi connectivity index (χ1) is 11.5. The topological polar surface area (TPSA) is 39.5 Å². The molecule has 2 fully saturated rings. The lowest BCUT2D eigenvalue weighted by Crippen LogP contribution is -2.48. The van der Waals surface area contributed by atoms with E-state index in [0.29, 0.717) is 24.7 Å². The molecule has 0 unspecified atom stereocenters. The summed E-state index contributed by atoms with van der Waals surface area (Å²) in [5, 5.41) is 9.21. The highest BCUT2D eigenvalue weighted by molar-refractivity contribution is 5.61. The highest BCUT2D eigenvalue weighted by Crippen LogP contribution is 2.33. The Bertz CT molecular complexity index is 612. The van der Waals surface area contributed by atoms with Crippen molar-refractivity contribution in [3.8, 4) is 6.07 Å². The molecule has 1 atom stereocenters. The van der Waals surface area contributed by atoms with E-state index in [1.807, 2.05) is 11.0 Å². The molecule has 0 aliphatic carbocycles. The molecule has 7 heteroatoms. The van der Waals surface area contributed by atoms with Gasteiger partial charge in [0.1, 0.15) is 6.07 Å². The van der Waals surface area contributed by atoms with Gasteiger partial charge in [0, 0.05) is 39.3 Å². The van der Waals surface area contributed by atoms with E-state index in [1.165, 1.54) is 6.07 Å². The molecular formula is C17H20F3N3O. The van der Waals surface area contributed by atoms with E-state index in [4.69, 9.17) is 4.74 Å². The lowest BCUT2D eigenvalue weighted by Gasteiger charge is -2.37. The quantitative estimate of drug-likeness (QED) is 0.849. The van der Waals surface area contributed by atoms with Crippen LogP contribution < -0.4 is 4.90 Å². The van der Waals surface area contributed by atoms with Gasteiger partial charge in [0.05, 0.1) is 23.4 Å². The maximum Gasteiger partial charge on any atom is 0.416 e. The Kier molecular flexibility index (Phi) is 4.97. The number of benzene rings is 1. The van der Waals surface area contributed by atoms with Crippen molar-refractivity contribution in [2.45, 2.75) is 12.6 Å². The molecule has 2 aliphatic heterocycles. The average molecular weight is 339 g/mol. The van der Waals surface area contributed by atoms with Gasteiger partial charge in [-0.1, -0.05) is 0 Å². The molecule has 0 aromatic heterocycles. The molecule has 24 heavy (non-hydrogen) atoms. The van der Waals surface area contributed by atoms with Crippen LogP contribution in [0.2, 0.25) is 0 Å². The van der Waals surface area contributed by atoms with Gasteiger partial charge < -0.3 is 9.64 Å². The molecule has 2 aliphatic rings. The average Bonchev–Trinajstić information content (AvgIpc) is 3.07. The predicted molar refractivity (Wildman–Crippen MR) is 83.7 cm³/mol. The summed E-state index contributed by atoms with van der Waals surface area (Å²) >= 11 is 0. The van der Waals surface area contributed by atoms with Crippen molar-refractivity contribution >= 4 is 5.69 Å². The number of ether oxygens (including phenoxy) is 1. The van der Waals surface area contributed by atoms with Crippen LogP contribution in [0.15, 0.2) is 18.2 Å². The van der Waals surface area contributed by atoms with Gasteiger partial charge in [0.15, 0.2) is 0 Å². The van der Waals surface area contributed by atoms with Gasteiger partial charge in [0.25, 0.3) is 0 Å². The van der Waals surface area contributed by atoms with Gasteiger partial charge in [-0.05, 0) is 30.5 Å². The van der Waals surface area contributed by atoms with Crippen LogP contribution in [0.3, 0.4) is 0 Å². The summed E-state index contributed by atoms with van der Waals surface area (Å²) in [5.41, 5.74) is -0.0977. The van der Waals surface area contributed by atoms with Crippen molar-refractivity contribution in [3.63, 3.8) is 0 Å². The summed E-state index contributed by atoms with van der Waals surface area (Å²) in [6.45, 7) is 5.79. The Morgan fingerprint density at radius 2 is 1.96 bits per heavy atom. The highest BCUT2D eigenvalue weighted by Gasteiger charge is 2.32. The zero-order chi connectivity index (χ0) is 17.2. The second kappa shape index (κ2) is 6.99. The Labute approximate surface area is 139 Å². The molecule has 2 heterocycles. The van der Waals surface area contributed by atoms with Crippen molar-refractivity contribution in [1.29, 1.82) is 5.26 Å². The first-order valence-electron chi connectivity index (χ1n) is 8.14. The number of hydrogen-bond donors (Lipinski definition) is 0. The second-order valence-electron chi connectivity index (χ2n) is 6.36. The number of nitrogens with zero attached hydrogens (tertiary/aromatic N) is 3. The zero-order valence-electron chi connectivity index (χ0n) is 13.4. The molecule has 0 radical (unpaired) electrons. The normalized spacial score (nSPS) is 22.6. The summed E-state index contributed by atoms with van der Waals surface area (Å²) in [6, 6.07) is 5.32. The fourth-order valence-corrected chi connectivity index (χ4v) is 3.34. The zero-order valence-corrected chi connectivity index (χ0v) is 13.4. The molecule has 1 aromatic rings. The number of hydrogen-bond acceptors (Lipinski definition) is 4. The monoisotopic (exact) mass is 339 g/mol. The number of alkyl halides is 3. The summed E-state index contributed by atoms with van der Waals surface area (Å²) < 4.78 is 43.7. The fourth-order valence-electron chi connectivity index (χ4n) is 3.34. The van der Waals surface area contributed by atoms with Crippen LogP contribution in [-0.4, -0.2) is 50.8 Å². The lowest BCUT2D eigenvalue weighted by atomic mass is 10.1. The first kappa shape index (κ1) is 17.1. The van der Waals surface area contributed by atoms with E-state index in [-0.39, 0.29) is 5.56 Å². The van der Waals surface area contributed by atoms with Crippen LogP contribution in [0.5, 0.6) is 0 Å². The van der Waals surface area contributed by atoms with Crippen LogP contribution >= 0.6 is 0 Å². The lowest BCUT2D eigenvalue weighted by molar-refractivity contribution is -0.137. The number of halogens is 3. The highest BCUT2D eigenvalue weighted by atomic mass is 19.4. The van der Waals surface area contributed by atoms with E-state index < -0.39 is 11.7 Å². The van der Waals surface area contributed by atoms with E-state index in [9.17, 15) is 18.4 Å². The van der Waals surface area contributed by atoms with Gasteiger partial charge in [-0.25, -0.2) is 0 Å². The molecule has 3 rings (SSSR count). The second-order valence-corrected chi connectivity index (χ2v) is 6.36. The molecule has 0 saturated carbocycles. The molecule has 0 N–H and O–H groups in total. The molecular weight excluding hydrogens is 319 g/mol. The van der Waals surface area contributed by atoms with E-state index in [0.717, 1.165) is 51.4 Å². The van der Waals surface area contributed by atoms with Gasteiger partial charge in [-0.3, -0.25) is 4.90 Å². The summed E-state index contributed by atoms with van der Waals surface area (Å²) in [6.07, 6.45) is -3.33. The standard InChI is InChI=1S/C17H20F3N3O/c18-17(19,20)15-1-2-16(14(9-15)10-21)23-6-4-22(5-7-23)11-13-3-8-24-12-13/h1-2,9,13H,3-8,11-12H2/t13-/m0/s1. The van der Waals surface area contributed by atoms with Crippen LogP contribution in [0, 0.1) is 17.2 Å². The molecule has 0 bridgehead atoms. The number of nitriles is 1. The third kappa shape index (κ3) is 3.82. The number of anilines is 1. The minimum absolute atomic E-state index is 0.0856. The van der Waals surface area contributed by atoms with E-state index >= 15 is 0 Å². The number of rotatable bonds is 3. The first-order valence-corrected chi connectivity index (χ1v) is 8.14. The minimum Gasteiger partial charge on any atom is -0.381 e. The van der Waals surface area contributed by atoms with Crippen molar-refractivity contribution in [3.05, 3.63) is 29.3 Å². The van der Waals surface area contributed by atoms with Crippen molar-refractivity contribution < 1.29 is 17.9 Å². The summed E-state index contributed by atoms with van der Waals surface area (Å²) in [5.74, 6) is 0.581. The number of piperazine rings is 1. The molecule has 0 amide bonds. The molecule has 0 spiro atoms. The molecule has 2 saturated heterocycles. The third-order valence-electron chi connectivity index (χ3n) is 4.70. The van der Waals surface area contributed by atoms with Gasteiger partial charge in [-0.15, -0.1) is 0 Å². The van der Waals surface area contributed by atoms with Gasteiger partial charge in [-0.2, -0.15) is 18.4 Å². The van der Waals surface area contributed by atoms with Crippen LogP contribution in [0.25, 0.3) is 0 Å². The van der Waals surface area contributed by atoms with E-state index in [2.05, 4.69) is 4.90 Å². The predicted octanol–water partition coefficient (Wildman–Crippen LogP) is 2.74. The third-order valence-corrected chi connectivity index (χ3v) is 4.70. The van der Waals surface area contributed by atoms with E-state index in [1.54, 1.807) is 0 Å². The summed E-state index contributed by atoms with van der Waals surface area (Å²) in [4.78, 5) is 4.37. The maximum absolute atomic E-state index is 12.8. The Morgan fingerprint density at radius 3 is 2.54 bits per heavy atom. The van der Waals surface area contributed by atoms with Crippen molar-refractivity contribution in [2.75, 3.05) is 50.8 Å². The Hall–Kier alpha value is -1.78. The van der Waals surface area contributed by atoms with Crippen molar-refractivity contribution in [2.24, 2.45) is 5.92 Å². The fraction of sp³-hybridized carbons (Fsp3) is 0.588. The van der Waals surface area contributed by atoms with Gasteiger partial charge in [0.2, 0.25) is 0 Å². The Balaban J connectivity index is 1.64. The smallest absolute Gasteiger partial charge is 0.381 e. The molecule has 130 valence electrons. The Morgan fingerprint density at radius 1 is 1.21 bits per heavy atom. The largest absolute Gasteiger partial charge is 0.416 e. The van der Waals surface area contributed by atoms with Crippen LogP contribution in [0.1, 0.15) is 17.5 Å². The van der Waals surface area contributed by atoms with Crippen molar-refractivity contribution in [1.82, 2.24) is 4.90 Å². The van der Waals surface area contributed by atoms with Crippen LogP contribution in [0.4, 0.5) is 18.9 Å². The maximum atomic E-state index is 12.8. The minimum atomic E-state index is -4.42.